The van der Waals surface area contributed by atoms with E-state index in [-0.39, 0.29) is 47.6 Å². The van der Waals surface area contributed by atoms with Gasteiger partial charge in [0.25, 0.3) is 0 Å². The number of aromatic amines is 1. The molecule has 4 aromatic rings. The van der Waals surface area contributed by atoms with Crippen molar-refractivity contribution in [2.75, 3.05) is 6.61 Å². The number of rotatable bonds is 13. The number of ketones is 2. The zero-order chi connectivity index (χ0) is 39.4. The Kier molecular flexibility index (Phi) is 11.8. The number of hydrogen-bond acceptors (Lipinski definition) is 8. The molecule has 3 aliphatic carbocycles. The summed E-state index contributed by atoms with van der Waals surface area (Å²) in [5.41, 5.74) is 17.9. The van der Waals surface area contributed by atoms with Gasteiger partial charge in [-0.15, -0.1) is 0 Å². The quantitative estimate of drug-likeness (QED) is 0.0469. The molecule has 1 aromatic heterocycles. The number of carbonyl (C=O) groups excluding carboxylic acids is 2. The number of H-pyrrole nitrogens is 1. The first-order valence-corrected chi connectivity index (χ1v) is 20.0. The lowest BCUT2D eigenvalue weighted by atomic mass is 9.66. The fraction of sp³-hybridized carbons (Fsp3) is 0.404. The van der Waals surface area contributed by atoms with Gasteiger partial charge in [0.05, 0.1) is 25.3 Å². The van der Waals surface area contributed by atoms with Crippen LogP contribution >= 0.6 is 0 Å². The van der Waals surface area contributed by atoms with Crippen LogP contribution < -0.4 is 16.2 Å². The van der Waals surface area contributed by atoms with Crippen molar-refractivity contribution >= 4 is 11.6 Å². The highest BCUT2D eigenvalue weighted by atomic mass is 16.5. The van der Waals surface area contributed by atoms with E-state index in [0.717, 1.165) is 66.5 Å². The van der Waals surface area contributed by atoms with Gasteiger partial charge in [0, 0.05) is 53.8 Å². The predicted molar refractivity (Wildman–Crippen MR) is 216 cm³/mol. The van der Waals surface area contributed by atoms with E-state index in [1.54, 1.807) is 36.5 Å². The van der Waals surface area contributed by atoms with Crippen LogP contribution in [0.4, 0.5) is 0 Å². The molecule has 292 valence electrons. The number of benzene rings is 3. The number of aromatic hydroxyl groups is 2. The number of nitrogens with one attached hydrogen (secondary N) is 1. The van der Waals surface area contributed by atoms with Crippen LogP contribution in [0.1, 0.15) is 120 Å². The van der Waals surface area contributed by atoms with E-state index >= 15 is 0 Å². The molecule has 2 bridgehead atoms. The molecule has 3 aliphatic rings. The maximum absolute atomic E-state index is 13.7. The third kappa shape index (κ3) is 8.48. The highest BCUT2D eigenvalue weighted by Gasteiger charge is 2.50. The number of allylic oxidation sites excluding steroid dienone is 2. The van der Waals surface area contributed by atoms with Gasteiger partial charge in [0.1, 0.15) is 5.75 Å². The highest BCUT2D eigenvalue weighted by Crippen LogP contribution is 2.57. The van der Waals surface area contributed by atoms with Crippen molar-refractivity contribution in [1.82, 2.24) is 4.98 Å². The van der Waals surface area contributed by atoms with Crippen molar-refractivity contribution in [2.45, 2.75) is 95.7 Å². The fourth-order valence-electron chi connectivity index (χ4n) is 9.32. The van der Waals surface area contributed by atoms with Crippen LogP contribution in [0.2, 0.25) is 0 Å². The predicted octanol–water partition coefficient (Wildman–Crippen LogP) is 7.30. The second-order valence-corrected chi connectivity index (χ2v) is 16.0. The largest absolute Gasteiger partial charge is 0.508 e. The van der Waals surface area contributed by atoms with E-state index in [9.17, 15) is 24.9 Å². The smallest absolute Gasteiger partial charge is 0.165 e. The van der Waals surface area contributed by atoms with Gasteiger partial charge in [-0.3, -0.25) is 9.59 Å². The fourth-order valence-corrected chi connectivity index (χ4v) is 9.32. The van der Waals surface area contributed by atoms with Gasteiger partial charge in [-0.2, -0.15) is 0 Å². The van der Waals surface area contributed by atoms with Crippen molar-refractivity contribution < 1.29 is 29.6 Å². The van der Waals surface area contributed by atoms with Gasteiger partial charge in [0.2, 0.25) is 0 Å². The van der Waals surface area contributed by atoms with Gasteiger partial charge in [-0.25, -0.2) is 0 Å². The molecule has 56 heavy (non-hydrogen) atoms. The Bertz CT molecular complexity index is 2170. The minimum Gasteiger partial charge on any atom is -0.508 e. The van der Waals surface area contributed by atoms with Crippen LogP contribution in [0.15, 0.2) is 79.0 Å². The summed E-state index contributed by atoms with van der Waals surface area (Å²) in [5, 5.41) is 32.5. The average Bonchev–Trinajstić information content (AvgIpc) is 3.76. The summed E-state index contributed by atoms with van der Waals surface area (Å²) in [4.78, 5) is 30.0. The van der Waals surface area contributed by atoms with Crippen molar-refractivity contribution in [2.24, 2.45) is 28.7 Å². The molecule has 8 N–H and O–H groups in total. The maximum Gasteiger partial charge on any atom is 0.165 e. The lowest BCUT2D eigenvalue weighted by Crippen LogP contribution is -2.29. The number of fused-ring (bicyclic) bond motifs is 4. The second-order valence-electron chi connectivity index (χ2n) is 16.0. The Balaban J connectivity index is 1.03. The Morgan fingerprint density at radius 1 is 1.00 bits per heavy atom. The number of nitrogens with two attached hydrogens (primary N) is 2. The summed E-state index contributed by atoms with van der Waals surface area (Å²) >= 11 is 0. The number of aliphatic hydroxyl groups excluding tert-OH is 1. The summed E-state index contributed by atoms with van der Waals surface area (Å²) < 4.78 is 6.08. The summed E-state index contributed by atoms with van der Waals surface area (Å²) in [7, 11) is 0. The molecule has 7 rings (SSSR count). The van der Waals surface area contributed by atoms with E-state index in [0.29, 0.717) is 60.0 Å². The molecule has 0 aliphatic heterocycles. The normalized spacial score (nSPS) is 23.1. The van der Waals surface area contributed by atoms with Crippen LogP contribution in [0.25, 0.3) is 0 Å². The number of Topliss-reactive ketones (excluding diaryl/α,β-unsaturated/α-hetero) is 1. The standard InChI is InChI=1S/C47H53N3O6/c1-2-4-34-12-10-33-27-47(34,28-44(33)55)20-17-35(51)13-7-29-9-16-42(53)45(24-29)56-22-19-30-8-15-41(52)39(23-30)38-26-43(54)37-18-21-50-40(37)6-3-5-31-25-32(46(48)49)11-14-36(31)38/h8-9,11,14-18,20-21,23-25,33-34,38,44,46,50,52-53,55H,2,4,6-7,10,12-13,19,22,26-28,48-49H2,1H3. The highest BCUT2D eigenvalue weighted by molar-refractivity contribution is 5.98. The topological polar surface area (TPSA) is 172 Å². The SMILES string of the molecule is CCCC1CCC2CC1(C=CC(=O)CCc1ccc(O)c(OCCc3ccc(O)c(C4CC(=O)c5cc[nH]c5CC#Cc5cc(C(N)N)ccc54)c3)c1)CC2O. The maximum atomic E-state index is 13.7. The van der Waals surface area contributed by atoms with E-state index in [2.05, 4.69) is 29.8 Å². The van der Waals surface area contributed by atoms with E-state index in [1.807, 2.05) is 36.4 Å². The third-order valence-corrected chi connectivity index (χ3v) is 12.4. The molecule has 0 spiro atoms. The number of hydrogen-bond donors (Lipinski definition) is 6. The molecular weight excluding hydrogens is 703 g/mol. The Morgan fingerprint density at radius 3 is 2.61 bits per heavy atom. The molecule has 5 unspecified atom stereocenters. The number of phenolic OH excluding ortho intramolecular Hbond substituents is 2. The zero-order valence-electron chi connectivity index (χ0n) is 32.1. The van der Waals surface area contributed by atoms with Crippen LogP contribution in [-0.2, 0) is 24.1 Å². The van der Waals surface area contributed by atoms with Crippen molar-refractivity contribution in [3.63, 3.8) is 0 Å². The van der Waals surface area contributed by atoms with Crippen LogP contribution in [0.5, 0.6) is 17.2 Å². The molecule has 9 nitrogen and oxygen atoms in total. The van der Waals surface area contributed by atoms with Gasteiger partial charge in [-0.05, 0) is 114 Å². The van der Waals surface area contributed by atoms with E-state index in [4.69, 9.17) is 16.2 Å². The number of ether oxygens (including phenoxy) is 1. The van der Waals surface area contributed by atoms with Crippen molar-refractivity contribution in [3.8, 4) is 29.1 Å². The Hall–Kier alpha value is -5.14. The molecule has 2 fully saturated rings. The monoisotopic (exact) mass is 755 g/mol. The molecule has 0 saturated heterocycles. The lowest BCUT2D eigenvalue weighted by Gasteiger charge is -2.39. The summed E-state index contributed by atoms with van der Waals surface area (Å²) in [6, 6.07) is 17.9. The van der Waals surface area contributed by atoms with Gasteiger partial charge in [0.15, 0.2) is 23.1 Å². The summed E-state index contributed by atoms with van der Waals surface area (Å²) in [5.74, 6) is 7.22. The molecule has 0 radical (unpaired) electrons. The average molecular weight is 756 g/mol. The number of carbonyl (C=O) groups is 2. The number of aromatic nitrogens is 1. The molecule has 9 heteroatoms. The Morgan fingerprint density at radius 2 is 1.80 bits per heavy atom. The van der Waals surface area contributed by atoms with Crippen LogP contribution in [0.3, 0.4) is 0 Å². The zero-order valence-corrected chi connectivity index (χ0v) is 32.1. The van der Waals surface area contributed by atoms with Gasteiger partial charge in [-0.1, -0.05) is 61.6 Å². The van der Waals surface area contributed by atoms with Crippen LogP contribution in [-0.4, -0.2) is 44.6 Å². The number of aliphatic hydroxyl groups is 1. The third-order valence-electron chi connectivity index (χ3n) is 12.4. The molecule has 3 aromatic carbocycles. The molecule has 1 heterocycles. The first-order chi connectivity index (χ1) is 27.0. The van der Waals surface area contributed by atoms with Crippen molar-refractivity contribution in [1.29, 1.82) is 0 Å². The van der Waals surface area contributed by atoms with Gasteiger partial charge >= 0.3 is 0 Å². The minimum absolute atomic E-state index is 0.0116. The number of aryl methyl sites for hydroxylation is 1. The van der Waals surface area contributed by atoms with E-state index < -0.39 is 12.1 Å². The van der Waals surface area contributed by atoms with Crippen molar-refractivity contribution in [3.05, 3.63) is 124 Å². The molecule has 2 saturated carbocycles. The second kappa shape index (κ2) is 16.9. The summed E-state index contributed by atoms with van der Waals surface area (Å²) in [6.45, 7) is 2.45. The summed E-state index contributed by atoms with van der Waals surface area (Å²) in [6.07, 6.45) is 12.6. The first-order valence-electron chi connectivity index (χ1n) is 20.0. The molecular formula is C47H53N3O6. The number of phenols is 2. The molecule has 5 atom stereocenters. The first kappa shape index (κ1) is 39.1. The lowest BCUT2D eigenvalue weighted by molar-refractivity contribution is -0.114. The molecule has 0 amide bonds. The Labute approximate surface area is 329 Å². The van der Waals surface area contributed by atoms with E-state index in [1.165, 1.54) is 0 Å². The minimum atomic E-state index is -0.690. The van der Waals surface area contributed by atoms with Gasteiger partial charge < -0.3 is 36.5 Å². The van der Waals surface area contributed by atoms with Crippen LogP contribution in [0, 0.1) is 29.1 Å².